The number of methoxy groups -OCH3 is 1. The molecule has 0 fully saturated rings. The lowest BCUT2D eigenvalue weighted by molar-refractivity contribution is -0.139. The minimum Gasteiger partial charge on any atom is -0.468 e. The minimum atomic E-state index is -0.333. The number of aromatic nitrogens is 1. The van der Waals surface area contributed by atoms with Crippen LogP contribution in [-0.2, 0) is 9.53 Å². The number of carbonyl (C=O) groups is 1. The summed E-state index contributed by atoms with van der Waals surface area (Å²) in [5.74, 6) is 1.05. The lowest BCUT2D eigenvalue weighted by Crippen LogP contribution is -2.17. The van der Waals surface area contributed by atoms with Crippen LogP contribution in [0.2, 0.25) is 0 Å². The number of hydrogen-bond acceptors (Lipinski definition) is 5. The maximum absolute atomic E-state index is 11.1. The highest BCUT2D eigenvalue weighted by Crippen LogP contribution is 2.22. The van der Waals surface area contributed by atoms with Gasteiger partial charge in [0, 0.05) is 5.75 Å². The molecule has 0 amide bonds. The van der Waals surface area contributed by atoms with Gasteiger partial charge in [0.05, 0.1) is 12.8 Å². The summed E-state index contributed by atoms with van der Waals surface area (Å²) in [7, 11) is 1.36. The number of aryl methyl sites for hydroxylation is 2. The number of alkyl halides is 1. The summed E-state index contributed by atoms with van der Waals surface area (Å²) in [5.41, 5.74) is 0.877. The molecule has 0 aromatic carbocycles. The second kappa shape index (κ2) is 5.55. The normalized spacial score (nSPS) is 12.5. The molecule has 0 radical (unpaired) electrons. The Morgan fingerprint density at radius 3 is 2.80 bits per heavy atom. The molecule has 0 aliphatic heterocycles. The molecule has 0 saturated carbocycles. The van der Waals surface area contributed by atoms with Crippen LogP contribution in [-0.4, -0.2) is 28.6 Å². The zero-order valence-corrected chi connectivity index (χ0v) is 11.1. The number of halogens is 1. The molecule has 1 atom stereocenters. The van der Waals surface area contributed by atoms with E-state index in [1.807, 2.05) is 13.8 Å². The van der Waals surface area contributed by atoms with E-state index in [1.165, 1.54) is 18.9 Å². The molecule has 0 aliphatic carbocycles. The van der Waals surface area contributed by atoms with Crippen molar-refractivity contribution in [3.05, 3.63) is 11.5 Å². The number of oxazole rings is 1. The molecule has 0 saturated heterocycles. The van der Waals surface area contributed by atoms with Gasteiger partial charge in [-0.15, -0.1) is 0 Å². The van der Waals surface area contributed by atoms with Gasteiger partial charge in [0.25, 0.3) is 5.22 Å². The SMILES string of the molecule is COC(=O)C(Br)CSc1nc(C)c(C)o1. The molecule has 84 valence electrons. The van der Waals surface area contributed by atoms with Crippen LogP contribution < -0.4 is 0 Å². The Morgan fingerprint density at radius 2 is 2.33 bits per heavy atom. The summed E-state index contributed by atoms with van der Waals surface area (Å²) in [6, 6.07) is 0. The molecule has 1 rings (SSSR count). The highest BCUT2D eigenvalue weighted by Gasteiger charge is 2.17. The van der Waals surface area contributed by atoms with Gasteiger partial charge in [-0.25, -0.2) is 4.98 Å². The largest absolute Gasteiger partial charge is 0.468 e. The molecule has 15 heavy (non-hydrogen) atoms. The van der Waals surface area contributed by atoms with Crippen LogP contribution in [0.4, 0.5) is 0 Å². The van der Waals surface area contributed by atoms with E-state index in [0.717, 1.165) is 11.5 Å². The van der Waals surface area contributed by atoms with Gasteiger partial charge in [0.1, 0.15) is 10.6 Å². The van der Waals surface area contributed by atoms with E-state index < -0.39 is 0 Å². The maximum Gasteiger partial charge on any atom is 0.320 e. The van der Waals surface area contributed by atoms with Crippen LogP contribution in [0.5, 0.6) is 0 Å². The summed E-state index contributed by atoms with van der Waals surface area (Å²) in [5, 5.41) is 0.582. The topological polar surface area (TPSA) is 52.3 Å². The lowest BCUT2D eigenvalue weighted by Gasteiger charge is -2.04. The number of thioether (sulfide) groups is 1. The van der Waals surface area contributed by atoms with Crippen LogP contribution in [0.15, 0.2) is 9.64 Å². The molecule has 6 heteroatoms. The van der Waals surface area contributed by atoms with Crippen LogP contribution in [0.3, 0.4) is 0 Å². The first-order chi connectivity index (χ1) is 7.04. The van der Waals surface area contributed by atoms with Gasteiger partial charge >= 0.3 is 5.97 Å². The fraction of sp³-hybridized carbons (Fsp3) is 0.556. The first-order valence-electron chi connectivity index (χ1n) is 4.33. The van der Waals surface area contributed by atoms with Crippen molar-refractivity contribution >= 4 is 33.7 Å². The fourth-order valence-corrected chi connectivity index (χ4v) is 2.24. The zero-order valence-electron chi connectivity index (χ0n) is 8.74. The van der Waals surface area contributed by atoms with Gasteiger partial charge < -0.3 is 9.15 Å². The zero-order chi connectivity index (χ0) is 11.4. The Morgan fingerprint density at radius 1 is 1.67 bits per heavy atom. The van der Waals surface area contributed by atoms with Crippen molar-refractivity contribution < 1.29 is 13.9 Å². The molecule has 0 aliphatic rings. The highest BCUT2D eigenvalue weighted by molar-refractivity contribution is 9.10. The lowest BCUT2D eigenvalue weighted by atomic mass is 10.4. The Hall–Kier alpha value is -0.490. The van der Waals surface area contributed by atoms with Gasteiger partial charge in [-0.05, 0) is 13.8 Å². The number of hydrogen-bond donors (Lipinski definition) is 0. The monoisotopic (exact) mass is 293 g/mol. The first kappa shape index (κ1) is 12.6. The number of rotatable bonds is 4. The van der Waals surface area contributed by atoms with Crippen molar-refractivity contribution in [3.8, 4) is 0 Å². The molecule has 4 nitrogen and oxygen atoms in total. The summed E-state index contributed by atoms with van der Waals surface area (Å²) >= 11 is 4.60. The van der Waals surface area contributed by atoms with Gasteiger partial charge in [-0.1, -0.05) is 27.7 Å². The molecule has 0 bridgehead atoms. The van der Waals surface area contributed by atoms with E-state index in [4.69, 9.17) is 4.42 Å². The predicted molar refractivity (Wildman–Crippen MR) is 61.4 cm³/mol. The van der Waals surface area contributed by atoms with Crippen LogP contribution in [0, 0.1) is 13.8 Å². The summed E-state index contributed by atoms with van der Waals surface area (Å²) in [6.07, 6.45) is 0. The van der Waals surface area contributed by atoms with Crippen LogP contribution >= 0.6 is 27.7 Å². The van der Waals surface area contributed by atoms with Crippen LogP contribution in [0.1, 0.15) is 11.5 Å². The predicted octanol–water partition coefficient (Wildman–Crippen LogP) is 2.32. The van der Waals surface area contributed by atoms with Crippen molar-refractivity contribution in [1.29, 1.82) is 0 Å². The van der Waals surface area contributed by atoms with E-state index in [2.05, 4.69) is 25.7 Å². The average molecular weight is 294 g/mol. The summed E-state index contributed by atoms with van der Waals surface area (Å²) in [4.78, 5) is 14.9. The first-order valence-corrected chi connectivity index (χ1v) is 6.23. The minimum absolute atomic E-state index is 0.289. The van der Waals surface area contributed by atoms with Crippen molar-refractivity contribution in [1.82, 2.24) is 4.98 Å². The quantitative estimate of drug-likeness (QED) is 0.484. The van der Waals surface area contributed by atoms with Crippen molar-refractivity contribution in [3.63, 3.8) is 0 Å². The molecule has 1 aromatic heterocycles. The number of nitrogens with zero attached hydrogens (tertiary/aromatic N) is 1. The molecule has 1 aromatic rings. The smallest absolute Gasteiger partial charge is 0.320 e. The van der Waals surface area contributed by atoms with Crippen molar-refractivity contribution in [2.75, 3.05) is 12.9 Å². The fourth-order valence-electron chi connectivity index (χ4n) is 0.845. The van der Waals surface area contributed by atoms with E-state index in [9.17, 15) is 4.79 Å². The molecule has 0 N–H and O–H groups in total. The third kappa shape index (κ3) is 3.53. The van der Waals surface area contributed by atoms with Gasteiger partial charge in [0.2, 0.25) is 0 Å². The van der Waals surface area contributed by atoms with E-state index in [-0.39, 0.29) is 10.8 Å². The molecule has 1 heterocycles. The molecular formula is C9H12BrNO3S. The Bertz CT molecular complexity index is 334. The van der Waals surface area contributed by atoms with Crippen LogP contribution in [0.25, 0.3) is 0 Å². The number of carbonyl (C=O) groups excluding carboxylic acids is 1. The maximum atomic E-state index is 11.1. The number of ether oxygens (including phenoxy) is 1. The molecule has 0 spiro atoms. The van der Waals surface area contributed by atoms with E-state index >= 15 is 0 Å². The van der Waals surface area contributed by atoms with Gasteiger partial charge in [0.15, 0.2) is 0 Å². The molecular weight excluding hydrogens is 282 g/mol. The summed E-state index contributed by atoms with van der Waals surface area (Å²) in [6.45, 7) is 3.74. The van der Waals surface area contributed by atoms with E-state index in [0.29, 0.717) is 11.0 Å². The highest BCUT2D eigenvalue weighted by atomic mass is 79.9. The standard InChI is InChI=1S/C9H12BrNO3S/c1-5-6(2)14-9(11-5)15-4-7(10)8(12)13-3/h7H,4H2,1-3H3. The van der Waals surface area contributed by atoms with Crippen molar-refractivity contribution in [2.24, 2.45) is 0 Å². The summed E-state index contributed by atoms with van der Waals surface area (Å²) < 4.78 is 9.94. The second-order valence-corrected chi connectivity index (χ2v) is 5.00. The average Bonchev–Trinajstić information content (AvgIpc) is 2.54. The third-order valence-corrected chi connectivity index (χ3v) is 3.87. The third-order valence-electron chi connectivity index (χ3n) is 1.82. The second-order valence-electron chi connectivity index (χ2n) is 2.92. The Labute approximate surface area is 101 Å². The Kier molecular flexibility index (Phi) is 4.66. The van der Waals surface area contributed by atoms with E-state index in [1.54, 1.807) is 0 Å². The van der Waals surface area contributed by atoms with Crippen molar-refractivity contribution in [2.45, 2.75) is 23.9 Å². The van der Waals surface area contributed by atoms with Gasteiger partial charge in [-0.2, -0.15) is 0 Å². The number of esters is 1. The molecule has 1 unspecified atom stereocenters. The van der Waals surface area contributed by atoms with Gasteiger partial charge in [-0.3, -0.25) is 4.79 Å². The Balaban J connectivity index is 2.47.